The zero-order valence-corrected chi connectivity index (χ0v) is 20.2. The summed E-state index contributed by atoms with van der Waals surface area (Å²) in [5.41, 5.74) is 4.29. The van der Waals surface area contributed by atoms with Crippen LogP contribution in [0.4, 0.5) is 11.4 Å². The van der Waals surface area contributed by atoms with Crippen LogP contribution in [0.5, 0.6) is 11.5 Å². The molecule has 0 spiro atoms. The van der Waals surface area contributed by atoms with Crippen LogP contribution in [0.25, 0.3) is 6.08 Å². The molecule has 6 heteroatoms. The Balaban J connectivity index is 1.18. The van der Waals surface area contributed by atoms with E-state index in [0.29, 0.717) is 30.3 Å². The lowest BCUT2D eigenvalue weighted by atomic mass is 10.1. The number of carbonyl (C=O) groups is 2. The summed E-state index contributed by atoms with van der Waals surface area (Å²) >= 11 is 0. The van der Waals surface area contributed by atoms with Gasteiger partial charge in [0.1, 0.15) is 18.1 Å². The maximum absolute atomic E-state index is 12.5. The predicted molar refractivity (Wildman–Crippen MR) is 144 cm³/mol. The summed E-state index contributed by atoms with van der Waals surface area (Å²) in [5, 5.41) is 2.85. The first-order valence-corrected chi connectivity index (χ1v) is 12.0. The van der Waals surface area contributed by atoms with Gasteiger partial charge < -0.3 is 19.7 Å². The molecule has 4 aromatic rings. The molecule has 0 aliphatic carbocycles. The molecule has 0 atom stereocenters. The van der Waals surface area contributed by atoms with Gasteiger partial charge in [0, 0.05) is 17.8 Å². The van der Waals surface area contributed by atoms with E-state index in [1.54, 1.807) is 29.2 Å². The molecule has 184 valence electrons. The van der Waals surface area contributed by atoms with E-state index < -0.39 is 0 Å². The first kappa shape index (κ1) is 23.9. The summed E-state index contributed by atoms with van der Waals surface area (Å²) in [6.45, 7) is 0.920. The fourth-order valence-corrected chi connectivity index (χ4v) is 3.99. The van der Waals surface area contributed by atoms with Crippen LogP contribution in [0, 0.1) is 0 Å². The van der Waals surface area contributed by atoms with Gasteiger partial charge in [-0.1, -0.05) is 72.8 Å². The Morgan fingerprint density at radius 3 is 2.32 bits per heavy atom. The highest BCUT2D eigenvalue weighted by Crippen LogP contribution is 2.35. The van der Waals surface area contributed by atoms with Gasteiger partial charge in [-0.25, -0.2) is 0 Å². The second-order valence-electron chi connectivity index (χ2n) is 8.60. The third kappa shape index (κ3) is 6.24. The van der Waals surface area contributed by atoms with Crippen molar-refractivity contribution in [1.29, 1.82) is 0 Å². The fraction of sp³-hybridized carbons (Fsp3) is 0.0968. The molecule has 0 saturated carbocycles. The van der Waals surface area contributed by atoms with Crippen molar-refractivity contribution in [3.8, 4) is 11.5 Å². The smallest absolute Gasteiger partial charge is 0.265 e. The van der Waals surface area contributed by atoms with E-state index in [2.05, 4.69) is 5.32 Å². The third-order valence-electron chi connectivity index (χ3n) is 5.91. The van der Waals surface area contributed by atoms with Crippen LogP contribution in [0.3, 0.4) is 0 Å². The first-order chi connectivity index (χ1) is 18.1. The highest BCUT2D eigenvalue weighted by atomic mass is 16.5. The Hall–Kier alpha value is -4.84. The molecule has 6 nitrogen and oxygen atoms in total. The first-order valence-electron chi connectivity index (χ1n) is 12.0. The molecule has 0 bridgehead atoms. The van der Waals surface area contributed by atoms with E-state index >= 15 is 0 Å². The van der Waals surface area contributed by atoms with Crippen LogP contribution in [-0.4, -0.2) is 18.4 Å². The van der Waals surface area contributed by atoms with Gasteiger partial charge in [0.05, 0.1) is 12.2 Å². The van der Waals surface area contributed by atoms with Crippen LogP contribution in [0.15, 0.2) is 109 Å². The zero-order chi connectivity index (χ0) is 25.5. The molecule has 4 aromatic carbocycles. The predicted octanol–water partition coefficient (Wildman–Crippen LogP) is 5.84. The summed E-state index contributed by atoms with van der Waals surface area (Å²) in [6, 6.07) is 32.6. The number of nitrogens with zero attached hydrogens (tertiary/aromatic N) is 1. The molecule has 1 N–H and O–H groups in total. The summed E-state index contributed by atoms with van der Waals surface area (Å²) in [6.07, 6.45) is 3.22. The highest BCUT2D eigenvalue weighted by Gasteiger charge is 2.26. The minimum absolute atomic E-state index is 0.0395. The molecule has 0 radical (unpaired) electrons. The molecule has 1 aliphatic heterocycles. The Bertz CT molecular complexity index is 1400. The normalized spacial score (nSPS) is 12.6. The van der Waals surface area contributed by atoms with Gasteiger partial charge in [-0.2, -0.15) is 0 Å². The van der Waals surface area contributed by atoms with Gasteiger partial charge in [-0.05, 0) is 47.0 Å². The quantitative estimate of drug-likeness (QED) is 0.315. The second-order valence-corrected chi connectivity index (χ2v) is 8.60. The maximum Gasteiger partial charge on any atom is 0.265 e. The van der Waals surface area contributed by atoms with E-state index in [1.165, 1.54) is 6.08 Å². The summed E-state index contributed by atoms with van der Waals surface area (Å²) in [7, 11) is 0. The van der Waals surface area contributed by atoms with E-state index in [1.807, 2.05) is 84.9 Å². The molecular weight excluding hydrogens is 464 g/mol. The van der Waals surface area contributed by atoms with Gasteiger partial charge in [0.2, 0.25) is 5.91 Å². The second kappa shape index (κ2) is 11.3. The number of benzene rings is 4. The number of hydrogen-bond donors (Lipinski definition) is 1. The fourth-order valence-electron chi connectivity index (χ4n) is 3.99. The molecule has 0 saturated heterocycles. The minimum Gasteiger partial charge on any atom is -0.489 e. The Labute approximate surface area is 215 Å². The van der Waals surface area contributed by atoms with E-state index in [9.17, 15) is 9.59 Å². The molecule has 0 aromatic heterocycles. The molecule has 5 rings (SSSR count). The lowest BCUT2D eigenvalue weighted by molar-refractivity contribution is -0.121. The molecular formula is C31H26N2O4. The molecule has 1 aliphatic rings. The van der Waals surface area contributed by atoms with E-state index in [-0.39, 0.29) is 18.4 Å². The maximum atomic E-state index is 12.5. The van der Waals surface area contributed by atoms with Crippen molar-refractivity contribution in [1.82, 2.24) is 0 Å². The van der Waals surface area contributed by atoms with E-state index in [4.69, 9.17) is 9.47 Å². The topological polar surface area (TPSA) is 67.9 Å². The van der Waals surface area contributed by atoms with Crippen molar-refractivity contribution in [2.24, 2.45) is 0 Å². The number of anilines is 2. The number of carbonyl (C=O) groups excluding carboxylic acids is 2. The lowest BCUT2D eigenvalue weighted by Gasteiger charge is -2.29. The van der Waals surface area contributed by atoms with Gasteiger partial charge >= 0.3 is 0 Å². The molecule has 0 unspecified atom stereocenters. The molecule has 2 amide bonds. The van der Waals surface area contributed by atoms with Gasteiger partial charge in [-0.3, -0.25) is 9.59 Å². The summed E-state index contributed by atoms with van der Waals surface area (Å²) < 4.78 is 11.4. The van der Waals surface area contributed by atoms with Crippen LogP contribution in [0.2, 0.25) is 0 Å². The lowest BCUT2D eigenvalue weighted by Crippen LogP contribution is -2.38. The van der Waals surface area contributed by atoms with Crippen molar-refractivity contribution >= 4 is 29.3 Å². The van der Waals surface area contributed by atoms with Crippen molar-refractivity contribution in [2.75, 3.05) is 16.8 Å². The third-order valence-corrected chi connectivity index (χ3v) is 5.91. The average Bonchev–Trinajstić information content (AvgIpc) is 2.94. The summed E-state index contributed by atoms with van der Waals surface area (Å²) in [5.74, 6) is 0.952. The zero-order valence-electron chi connectivity index (χ0n) is 20.2. The minimum atomic E-state index is -0.266. The van der Waals surface area contributed by atoms with Crippen LogP contribution in [0.1, 0.15) is 16.7 Å². The Kier molecular flexibility index (Phi) is 7.27. The monoisotopic (exact) mass is 490 g/mol. The van der Waals surface area contributed by atoms with Crippen LogP contribution < -0.4 is 19.7 Å². The van der Waals surface area contributed by atoms with Crippen molar-refractivity contribution in [3.05, 3.63) is 126 Å². The number of amides is 2. The van der Waals surface area contributed by atoms with Crippen molar-refractivity contribution < 1.29 is 19.1 Å². The number of nitrogens with one attached hydrogen (secondary N) is 1. The SMILES string of the molecule is O=C(/C=C/c1ccc(OCc2ccccc2)cc1)Nc1ccc2c(c1)OCC(=O)N2Cc1ccccc1. The van der Waals surface area contributed by atoms with Crippen molar-refractivity contribution in [2.45, 2.75) is 13.2 Å². The molecule has 0 fully saturated rings. The standard InChI is InChI=1S/C31H26N2O4/c34-30(18-13-23-11-15-27(16-12-23)36-21-25-9-5-2-6-10-25)32-26-14-17-28-29(19-26)37-22-31(35)33(28)20-24-7-3-1-4-8-24/h1-19H,20-22H2,(H,32,34)/b18-13+. The van der Waals surface area contributed by atoms with E-state index in [0.717, 1.165) is 22.4 Å². The summed E-state index contributed by atoms with van der Waals surface area (Å²) in [4.78, 5) is 26.7. The highest BCUT2D eigenvalue weighted by molar-refractivity contribution is 6.03. The van der Waals surface area contributed by atoms with Crippen LogP contribution >= 0.6 is 0 Å². The van der Waals surface area contributed by atoms with Gasteiger partial charge in [0.15, 0.2) is 6.61 Å². The van der Waals surface area contributed by atoms with Crippen molar-refractivity contribution in [3.63, 3.8) is 0 Å². The Morgan fingerprint density at radius 2 is 1.59 bits per heavy atom. The van der Waals surface area contributed by atoms with Gasteiger partial charge in [0.25, 0.3) is 5.91 Å². The van der Waals surface area contributed by atoms with Gasteiger partial charge in [-0.15, -0.1) is 0 Å². The largest absolute Gasteiger partial charge is 0.489 e. The average molecular weight is 491 g/mol. The number of ether oxygens (including phenoxy) is 2. The number of hydrogen-bond acceptors (Lipinski definition) is 4. The number of rotatable bonds is 8. The molecule has 37 heavy (non-hydrogen) atoms. The van der Waals surface area contributed by atoms with Crippen LogP contribution in [-0.2, 0) is 22.7 Å². The Morgan fingerprint density at radius 1 is 0.892 bits per heavy atom. The number of fused-ring (bicyclic) bond motifs is 1. The molecule has 1 heterocycles.